The number of aryl methyl sites for hydroxylation is 2. The van der Waals surface area contributed by atoms with Crippen molar-refractivity contribution in [3.05, 3.63) is 84.1 Å². The van der Waals surface area contributed by atoms with Crippen LogP contribution in [0, 0.1) is 13.8 Å². The second-order valence-electron chi connectivity index (χ2n) is 8.24. The Labute approximate surface area is 202 Å². The lowest BCUT2D eigenvalue weighted by Crippen LogP contribution is -2.36. The predicted octanol–water partition coefficient (Wildman–Crippen LogP) is 4.29. The number of ether oxygens (including phenoxy) is 3. The van der Waals surface area contributed by atoms with Crippen LogP contribution < -0.4 is 4.74 Å². The fourth-order valence-electron chi connectivity index (χ4n) is 3.60. The Morgan fingerprint density at radius 1 is 1.12 bits per heavy atom. The van der Waals surface area contributed by atoms with Gasteiger partial charge < -0.3 is 19.3 Å². The molecular formula is C27H35N3O4. The molecule has 1 N–H and O–H groups in total. The Bertz CT molecular complexity index is 1020. The van der Waals surface area contributed by atoms with Crippen LogP contribution in [0.4, 0.5) is 0 Å². The molecule has 0 bridgehead atoms. The number of aliphatic hydroxyl groups excluding tert-OH is 1. The number of aliphatic hydroxyl groups is 1. The first-order valence-electron chi connectivity index (χ1n) is 11.5. The van der Waals surface area contributed by atoms with Gasteiger partial charge in [0.25, 0.3) is 0 Å². The van der Waals surface area contributed by atoms with E-state index in [4.69, 9.17) is 19.3 Å². The van der Waals surface area contributed by atoms with Gasteiger partial charge in [0.1, 0.15) is 5.75 Å². The summed E-state index contributed by atoms with van der Waals surface area (Å²) in [5.74, 6) is 1.40. The molecule has 0 saturated heterocycles. The molecule has 0 amide bonds. The highest BCUT2D eigenvalue weighted by atomic mass is 16.5. The number of para-hydroxylation sites is 1. The maximum Gasteiger partial charge on any atom is 0.227 e. The fourth-order valence-corrected chi connectivity index (χ4v) is 3.60. The molecule has 1 heterocycles. The van der Waals surface area contributed by atoms with Gasteiger partial charge in [0.05, 0.1) is 42.9 Å². The van der Waals surface area contributed by atoms with Crippen molar-refractivity contribution in [2.75, 3.05) is 40.0 Å². The normalized spacial score (nSPS) is 12.1. The Kier molecular flexibility index (Phi) is 9.85. The lowest BCUT2D eigenvalue weighted by molar-refractivity contribution is 0.0192. The quantitative estimate of drug-likeness (QED) is 0.283. The largest absolute Gasteiger partial charge is 0.439 e. The Morgan fingerprint density at radius 3 is 2.53 bits per heavy atom. The summed E-state index contributed by atoms with van der Waals surface area (Å²) in [5.41, 5.74) is 3.91. The van der Waals surface area contributed by atoms with Crippen LogP contribution >= 0.6 is 0 Å². The molecule has 0 spiro atoms. The van der Waals surface area contributed by atoms with Gasteiger partial charge in [-0.2, -0.15) is 5.10 Å². The number of hydrogen-bond acceptors (Lipinski definition) is 6. The smallest absolute Gasteiger partial charge is 0.227 e. The van der Waals surface area contributed by atoms with E-state index >= 15 is 0 Å². The van der Waals surface area contributed by atoms with Gasteiger partial charge in [0.15, 0.2) is 0 Å². The summed E-state index contributed by atoms with van der Waals surface area (Å²) >= 11 is 0. The molecule has 7 heteroatoms. The molecule has 0 saturated carbocycles. The Balaban J connectivity index is 1.91. The molecule has 2 aromatic carbocycles. The Morgan fingerprint density at radius 2 is 1.85 bits per heavy atom. The van der Waals surface area contributed by atoms with E-state index in [0.29, 0.717) is 38.7 Å². The van der Waals surface area contributed by atoms with Gasteiger partial charge in [-0.3, -0.25) is 4.90 Å². The van der Waals surface area contributed by atoms with Crippen LogP contribution in [0.15, 0.2) is 67.3 Å². The SMILES string of the molecule is C=CCOC[C@H](O)CN(CCOC)Cc1c(C)nn(-c2ccccc2)c1Oc1ccc(C)cc1. The van der Waals surface area contributed by atoms with Crippen molar-refractivity contribution in [1.82, 2.24) is 14.7 Å². The average Bonchev–Trinajstić information content (AvgIpc) is 3.14. The summed E-state index contributed by atoms with van der Waals surface area (Å²) < 4.78 is 19.0. The van der Waals surface area contributed by atoms with E-state index in [-0.39, 0.29) is 6.61 Å². The summed E-state index contributed by atoms with van der Waals surface area (Å²) in [5, 5.41) is 15.3. The van der Waals surface area contributed by atoms with Crippen molar-refractivity contribution < 1.29 is 19.3 Å². The third-order valence-electron chi connectivity index (χ3n) is 5.38. The molecule has 182 valence electrons. The molecule has 3 rings (SSSR count). The fraction of sp³-hybridized carbons (Fsp3) is 0.370. The zero-order chi connectivity index (χ0) is 24.3. The van der Waals surface area contributed by atoms with Crippen LogP contribution in [0.2, 0.25) is 0 Å². The van der Waals surface area contributed by atoms with Gasteiger partial charge >= 0.3 is 0 Å². The molecule has 1 atom stereocenters. The minimum Gasteiger partial charge on any atom is -0.439 e. The summed E-state index contributed by atoms with van der Waals surface area (Å²) in [6, 6.07) is 17.9. The molecular weight excluding hydrogens is 430 g/mol. The summed E-state index contributed by atoms with van der Waals surface area (Å²) in [7, 11) is 1.67. The van der Waals surface area contributed by atoms with E-state index in [1.807, 2.05) is 73.1 Å². The minimum absolute atomic E-state index is 0.241. The van der Waals surface area contributed by atoms with Crippen LogP contribution in [0.5, 0.6) is 11.6 Å². The van der Waals surface area contributed by atoms with E-state index in [1.54, 1.807) is 13.2 Å². The lowest BCUT2D eigenvalue weighted by Gasteiger charge is -2.25. The van der Waals surface area contributed by atoms with Gasteiger partial charge in [-0.1, -0.05) is 42.0 Å². The van der Waals surface area contributed by atoms with Crippen LogP contribution in [0.25, 0.3) is 5.69 Å². The highest BCUT2D eigenvalue weighted by molar-refractivity contribution is 5.43. The van der Waals surface area contributed by atoms with Crippen molar-refractivity contribution in [2.24, 2.45) is 0 Å². The van der Waals surface area contributed by atoms with Gasteiger partial charge in [-0.05, 0) is 38.1 Å². The van der Waals surface area contributed by atoms with Gasteiger partial charge in [-0.25, -0.2) is 4.68 Å². The minimum atomic E-state index is -0.636. The third-order valence-corrected chi connectivity index (χ3v) is 5.38. The van der Waals surface area contributed by atoms with Gasteiger partial charge in [0, 0.05) is 26.7 Å². The number of nitrogens with zero attached hydrogens (tertiary/aromatic N) is 3. The molecule has 1 aromatic heterocycles. The highest BCUT2D eigenvalue weighted by Gasteiger charge is 2.22. The summed E-state index contributed by atoms with van der Waals surface area (Å²) in [6.45, 7) is 10.5. The molecule has 0 radical (unpaired) electrons. The molecule has 0 fully saturated rings. The zero-order valence-electron chi connectivity index (χ0n) is 20.3. The molecule has 0 aliphatic rings. The predicted molar refractivity (Wildman–Crippen MR) is 134 cm³/mol. The molecule has 7 nitrogen and oxygen atoms in total. The standard InChI is InChI=1S/C27H35N3O4/c1-5-16-33-20-24(31)18-29(15-17-32-4)19-26-22(3)28-30(23-9-7-6-8-10-23)27(26)34-25-13-11-21(2)12-14-25/h5-14,24,31H,1,15-20H2,2-4H3/t24-/m1/s1. The molecule has 34 heavy (non-hydrogen) atoms. The first-order valence-corrected chi connectivity index (χ1v) is 11.5. The second kappa shape index (κ2) is 13.1. The van der Waals surface area contributed by atoms with E-state index in [0.717, 1.165) is 22.7 Å². The van der Waals surface area contributed by atoms with Gasteiger partial charge in [0.2, 0.25) is 5.88 Å². The van der Waals surface area contributed by atoms with Crippen molar-refractivity contribution in [1.29, 1.82) is 0 Å². The average molecular weight is 466 g/mol. The maximum absolute atomic E-state index is 10.5. The third kappa shape index (κ3) is 7.27. The van der Waals surface area contributed by atoms with Crippen LogP contribution in [0.3, 0.4) is 0 Å². The zero-order valence-corrected chi connectivity index (χ0v) is 20.3. The highest BCUT2D eigenvalue weighted by Crippen LogP contribution is 2.31. The number of hydrogen-bond donors (Lipinski definition) is 1. The lowest BCUT2D eigenvalue weighted by atomic mass is 10.2. The second-order valence-corrected chi connectivity index (χ2v) is 8.24. The number of aromatic nitrogens is 2. The van der Waals surface area contributed by atoms with E-state index in [1.165, 1.54) is 5.56 Å². The molecule has 0 aliphatic carbocycles. The van der Waals surface area contributed by atoms with E-state index in [2.05, 4.69) is 11.5 Å². The maximum atomic E-state index is 10.5. The molecule has 0 unspecified atom stereocenters. The summed E-state index contributed by atoms with van der Waals surface area (Å²) in [6.07, 6.45) is 1.04. The first kappa shape index (κ1) is 25.6. The number of methoxy groups -OCH3 is 1. The van der Waals surface area contributed by atoms with E-state index < -0.39 is 6.10 Å². The number of rotatable bonds is 14. The number of benzene rings is 2. The first-order chi connectivity index (χ1) is 16.5. The van der Waals surface area contributed by atoms with Crippen molar-refractivity contribution in [3.63, 3.8) is 0 Å². The van der Waals surface area contributed by atoms with Crippen molar-refractivity contribution in [2.45, 2.75) is 26.5 Å². The molecule has 0 aliphatic heterocycles. The molecule has 3 aromatic rings. The van der Waals surface area contributed by atoms with E-state index in [9.17, 15) is 5.11 Å². The van der Waals surface area contributed by atoms with Crippen LogP contribution in [-0.2, 0) is 16.0 Å². The van der Waals surface area contributed by atoms with Crippen molar-refractivity contribution in [3.8, 4) is 17.3 Å². The topological polar surface area (TPSA) is 69.0 Å². The van der Waals surface area contributed by atoms with Crippen LogP contribution in [0.1, 0.15) is 16.8 Å². The van der Waals surface area contributed by atoms with Gasteiger partial charge in [-0.15, -0.1) is 6.58 Å². The van der Waals surface area contributed by atoms with Crippen molar-refractivity contribution >= 4 is 0 Å². The summed E-state index contributed by atoms with van der Waals surface area (Å²) in [4.78, 5) is 2.13. The Hall–Kier alpha value is -2.97. The van der Waals surface area contributed by atoms with Crippen LogP contribution in [-0.4, -0.2) is 65.9 Å². The monoisotopic (exact) mass is 465 g/mol.